The van der Waals surface area contributed by atoms with Gasteiger partial charge in [0, 0.05) is 5.88 Å². The van der Waals surface area contributed by atoms with Gasteiger partial charge in [0.1, 0.15) is 0 Å². The molecule has 0 amide bonds. The summed E-state index contributed by atoms with van der Waals surface area (Å²) in [4.78, 5) is 0.155. The molecular formula is C13H12ClNO2S. The zero-order chi connectivity index (χ0) is 13.6. The van der Waals surface area contributed by atoms with E-state index in [-0.39, 0.29) is 18.0 Å². The predicted octanol–water partition coefficient (Wildman–Crippen LogP) is 1.68. The smallest absolute Gasteiger partial charge is 0.207 e. The van der Waals surface area contributed by atoms with Crippen LogP contribution in [0, 0.1) is 24.7 Å². The number of sulfonamides is 1. The first-order valence-electron chi connectivity index (χ1n) is 5.08. The van der Waals surface area contributed by atoms with Gasteiger partial charge in [0.25, 0.3) is 0 Å². The highest BCUT2D eigenvalue weighted by molar-refractivity contribution is 7.89. The van der Waals surface area contributed by atoms with E-state index in [1.807, 2.05) is 0 Å². The van der Waals surface area contributed by atoms with Gasteiger partial charge in [0.05, 0.1) is 18.0 Å². The number of halogens is 1. The molecule has 0 N–H and O–H groups in total. The average molecular weight is 282 g/mol. The normalized spacial score (nSPS) is 10.9. The van der Waals surface area contributed by atoms with Crippen molar-refractivity contribution in [3.05, 3.63) is 29.8 Å². The topological polar surface area (TPSA) is 37.4 Å². The van der Waals surface area contributed by atoms with Crippen LogP contribution in [0.4, 0.5) is 0 Å². The molecule has 1 aromatic rings. The second-order valence-corrected chi connectivity index (χ2v) is 5.66. The van der Waals surface area contributed by atoms with Crippen molar-refractivity contribution >= 4 is 21.6 Å². The Morgan fingerprint density at radius 3 is 2.00 bits per heavy atom. The Labute approximate surface area is 113 Å². The van der Waals surface area contributed by atoms with E-state index >= 15 is 0 Å². The van der Waals surface area contributed by atoms with Crippen LogP contribution in [-0.2, 0) is 15.9 Å². The molecule has 0 aromatic heterocycles. The SMILES string of the molecule is C#CCN(CC#C)S(=O)(=O)c1ccc(CCl)cc1. The predicted molar refractivity (Wildman–Crippen MR) is 72.4 cm³/mol. The Morgan fingerprint density at radius 2 is 1.61 bits per heavy atom. The molecule has 3 nitrogen and oxygen atoms in total. The fourth-order valence-corrected chi connectivity index (χ4v) is 2.77. The highest BCUT2D eigenvalue weighted by atomic mass is 35.5. The van der Waals surface area contributed by atoms with Crippen molar-refractivity contribution in [2.45, 2.75) is 10.8 Å². The summed E-state index contributed by atoms with van der Waals surface area (Å²) in [7, 11) is -3.65. The molecule has 0 spiro atoms. The van der Waals surface area contributed by atoms with Crippen LogP contribution in [0.3, 0.4) is 0 Å². The van der Waals surface area contributed by atoms with E-state index in [1.54, 1.807) is 12.1 Å². The van der Waals surface area contributed by atoms with Gasteiger partial charge in [0.15, 0.2) is 0 Å². The first kappa shape index (κ1) is 14.6. The van der Waals surface area contributed by atoms with Crippen LogP contribution in [0.5, 0.6) is 0 Å². The van der Waals surface area contributed by atoms with Crippen molar-refractivity contribution in [2.75, 3.05) is 13.1 Å². The Bertz CT molecular complexity index is 563. The second-order valence-electron chi connectivity index (χ2n) is 3.46. The zero-order valence-electron chi connectivity index (χ0n) is 9.64. The molecule has 0 saturated heterocycles. The van der Waals surface area contributed by atoms with Crippen molar-refractivity contribution in [3.63, 3.8) is 0 Å². The monoisotopic (exact) mass is 281 g/mol. The first-order valence-corrected chi connectivity index (χ1v) is 7.05. The third-order valence-corrected chi connectivity index (χ3v) is 4.37. The lowest BCUT2D eigenvalue weighted by Gasteiger charge is -2.17. The summed E-state index contributed by atoms with van der Waals surface area (Å²) in [6.45, 7) is -0.104. The van der Waals surface area contributed by atoms with Crippen LogP contribution in [0.2, 0.25) is 0 Å². The van der Waals surface area contributed by atoms with Gasteiger partial charge in [-0.3, -0.25) is 0 Å². The van der Waals surface area contributed by atoms with Crippen molar-refractivity contribution in [2.24, 2.45) is 0 Å². The molecule has 0 aliphatic carbocycles. The number of hydrogen-bond donors (Lipinski definition) is 0. The van der Waals surface area contributed by atoms with Gasteiger partial charge in [-0.05, 0) is 17.7 Å². The molecule has 94 valence electrons. The average Bonchev–Trinajstić information content (AvgIpc) is 2.38. The van der Waals surface area contributed by atoms with E-state index in [9.17, 15) is 8.42 Å². The lowest BCUT2D eigenvalue weighted by atomic mass is 10.2. The third-order valence-electron chi connectivity index (χ3n) is 2.25. The van der Waals surface area contributed by atoms with Gasteiger partial charge in [-0.2, -0.15) is 4.31 Å². The molecule has 0 unspecified atom stereocenters. The van der Waals surface area contributed by atoms with Crippen molar-refractivity contribution in [1.29, 1.82) is 0 Å². The van der Waals surface area contributed by atoms with Crippen molar-refractivity contribution in [3.8, 4) is 24.7 Å². The van der Waals surface area contributed by atoms with E-state index in [4.69, 9.17) is 24.4 Å². The molecule has 0 heterocycles. The lowest BCUT2D eigenvalue weighted by molar-refractivity contribution is 0.482. The second kappa shape index (κ2) is 6.47. The van der Waals surface area contributed by atoms with Crippen LogP contribution in [0.25, 0.3) is 0 Å². The molecule has 1 rings (SSSR count). The minimum atomic E-state index is -3.65. The lowest BCUT2D eigenvalue weighted by Crippen LogP contribution is -2.31. The summed E-state index contributed by atoms with van der Waals surface area (Å²) in [6.07, 6.45) is 10.3. The van der Waals surface area contributed by atoms with Gasteiger partial charge in [-0.1, -0.05) is 24.0 Å². The van der Waals surface area contributed by atoms with Crippen LogP contribution in [0.1, 0.15) is 5.56 Å². The van der Waals surface area contributed by atoms with Crippen LogP contribution in [0.15, 0.2) is 29.2 Å². The number of hydrogen-bond acceptors (Lipinski definition) is 2. The quantitative estimate of drug-likeness (QED) is 0.608. The largest absolute Gasteiger partial charge is 0.244 e. The Kier molecular flexibility index (Phi) is 5.25. The molecule has 0 aliphatic heterocycles. The number of alkyl halides is 1. The Hall–Kier alpha value is -1.46. The molecule has 0 radical (unpaired) electrons. The highest BCUT2D eigenvalue weighted by Gasteiger charge is 2.22. The summed E-state index contributed by atoms with van der Waals surface area (Å²) in [5.74, 6) is 4.89. The van der Waals surface area contributed by atoms with Gasteiger partial charge >= 0.3 is 0 Å². The number of rotatable bonds is 5. The molecule has 5 heteroatoms. The van der Waals surface area contributed by atoms with Crippen LogP contribution >= 0.6 is 11.6 Å². The Balaban J connectivity index is 3.11. The fourth-order valence-electron chi connectivity index (χ4n) is 1.33. The standard InChI is InChI=1S/C13H12ClNO2S/c1-3-9-15(10-4-2)18(16,17)13-7-5-12(11-14)6-8-13/h1-2,5-8H,9-11H2. The van der Waals surface area contributed by atoms with Crippen LogP contribution < -0.4 is 0 Å². The zero-order valence-corrected chi connectivity index (χ0v) is 11.2. The van der Waals surface area contributed by atoms with Crippen molar-refractivity contribution in [1.82, 2.24) is 4.31 Å². The number of benzene rings is 1. The van der Waals surface area contributed by atoms with E-state index in [0.29, 0.717) is 5.88 Å². The van der Waals surface area contributed by atoms with Gasteiger partial charge in [0.2, 0.25) is 10.0 Å². The first-order chi connectivity index (χ1) is 8.56. The van der Waals surface area contributed by atoms with E-state index in [0.717, 1.165) is 9.87 Å². The summed E-state index contributed by atoms with van der Waals surface area (Å²) in [6, 6.07) is 6.30. The van der Waals surface area contributed by atoms with E-state index in [2.05, 4.69) is 11.8 Å². The van der Waals surface area contributed by atoms with Gasteiger partial charge in [-0.25, -0.2) is 8.42 Å². The fraction of sp³-hybridized carbons (Fsp3) is 0.231. The molecule has 1 aromatic carbocycles. The number of nitrogens with zero attached hydrogens (tertiary/aromatic N) is 1. The molecule has 18 heavy (non-hydrogen) atoms. The van der Waals surface area contributed by atoms with Gasteiger partial charge in [-0.15, -0.1) is 24.4 Å². The van der Waals surface area contributed by atoms with Gasteiger partial charge < -0.3 is 0 Å². The maximum absolute atomic E-state index is 12.2. The summed E-state index contributed by atoms with van der Waals surface area (Å²) < 4.78 is 25.5. The summed E-state index contributed by atoms with van der Waals surface area (Å²) in [5.41, 5.74) is 0.844. The molecule has 0 saturated carbocycles. The Morgan fingerprint density at radius 1 is 1.11 bits per heavy atom. The number of terminal acetylenes is 2. The third kappa shape index (κ3) is 3.27. The molecule has 0 aliphatic rings. The molecule has 0 bridgehead atoms. The van der Waals surface area contributed by atoms with Crippen LogP contribution in [-0.4, -0.2) is 25.8 Å². The minimum absolute atomic E-state index is 0.0518. The minimum Gasteiger partial charge on any atom is -0.207 e. The maximum atomic E-state index is 12.2. The summed E-state index contributed by atoms with van der Waals surface area (Å²) in [5, 5.41) is 0. The van der Waals surface area contributed by atoms with E-state index in [1.165, 1.54) is 12.1 Å². The molecular weight excluding hydrogens is 270 g/mol. The van der Waals surface area contributed by atoms with E-state index < -0.39 is 10.0 Å². The van der Waals surface area contributed by atoms with Crippen molar-refractivity contribution < 1.29 is 8.42 Å². The highest BCUT2D eigenvalue weighted by Crippen LogP contribution is 2.16. The summed E-state index contributed by atoms with van der Waals surface area (Å²) >= 11 is 5.64. The maximum Gasteiger partial charge on any atom is 0.244 e. The molecule has 0 fully saturated rings. The molecule has 0 atom stereocenters.